The molecule has 28 heavy (non-hydrogen) atoms. The van der Waals surface area contributed by atoms with Gasteiger partial charge in [-0.1, -0.05) is 86.6 Å². The summed E-state index contributed by atoms with van der Waals surface area (Å²) < 4.78 is 0. The molecule has 0 aromatic heterocycles. The highest BCUT2D eigenvalue weighted by Crippen LogP contribution is 2.38. The van der Waals surface area contributed by atoms with Crippen molar-refractivity contribution in [3.8, 4) is 0 Å². The molecule has 0 bridgehead atoms. The zero-order valence-electron chi connectivity index (χ0n) is 17.1. The average molecular weight is 373 g/mol. The van der Waals surface area contributed by atoms with Crippen molar-refractivity contribution in [2.24, 2.45) is 0 Å². The zero-order valence-corrected chi connectivity index (χ0v) is 17.1. The van der Waals surface area contributed by atoms with Gasteiger partial charge in [-0.25, -0.2) is 0 Å². The van der Waals surface area contributed by atoms with Gasteiger partial charge in [-0.3, -0.25) is 4.90 Å². The summed E-state index contributed by atoms with van der Waals surface area (Å²) in [6.45, 7) is 7.24. The highest BCUT2D eigenvalue weighted by Gasteiger charge is 2.39. The summed E-state index contributed by atoms with van der Waals surface area (Å²) >= 11 is 0. The third kappa shape index (κ3) is 4.82. The molecule has 146 valence electrons. The standard InChI is InChI=1S/C24H26N2.C2H6/c25-23-13-11-22(12-14-23)24(17-20-7-3-1-4-8-20)15-16-26(19-24)18-21-9-5-2-6-10-21;1-2/h1-14H,15-19,25H2;1-2H3. The fourth-order valence-electron chi connectivity index (χ4n) is 4.24. The van der Waals surface area contributed by atoms with Gasteiger partial charge in [-0.2, -0.15) is 0 Å². The monoisotopic (exact) mass is 372 g/mol. The lowest BCUT2D eigenvalue weighted by Crippen LogP contribution is -2.33. The molecule has 0 saturated carbocycles. The molecule has 1 heterocycles. The van der Waals surface area contributed by atoms with E-state index < -0.39 is 0 Å². The Balaban J connectivity index is 0.00000109. The fraction of sp³-hybridized carbons (Fsp3) is 0.308. The van der Waals surface area contributed by atoms with Crippen LogP contribution in [0.15, 0.2) is 84.9 Å². The Labute approximate surface area is 170 Å². The van der Waals surface area contributed by atoms with Crippen molar-refractivity contribution < 1.29 is 0 Å². The van der Waals surface area contributed by atoms with Gasteiger partial charge in [0.15, 0.2) is 0 Å². The van der Waals surface area contributed by atoms with Crippen LogP contribution in [0.25, 0.3) is 0 Å². The number of anilines is 1. The van der Waals surface area contributed by atoms with E-state index in [4.69, 9.17) is 5.73 Å². The van der Waals surface area contributed by atoms with Crippen LogP contribution < -0.4 is 5.73 Å². The number of nitrogens with zero attached hydrogens (tertiary/aromatic N) is 1. The highest BCUT2D eigenvalue weighted by molar-refractivity contribution is 5.43. The summed E-state index contributed by atoms with van der Waals surface area (Å²) in [5.74, 6) is 0. The molecule has 2 N–H and O–H groups in total. The lowest BCUT2D eigenvalue weighted by Gasteiger charge is -2.31. The van der Waals surface area contributed by atoms with Gasteiger partial charge in [-0.05, 0) is 48.2 Å². The minimum atomic E-state index is 0.157. The topological polar surface area (TPSA) is 29.3 Å². The number of rotatable bonds is 5. The average Bonchev–Trinajstić information content (AvgIpc) is 3.15. The predicted molar refractivity (Wildman–Crippen MR) is 120 cm³/mol. The zero-order chi connectivity index (χ0) is 19.8. The van der Waals surface area contributed by atoms with Crippen LogP contribution in [-0.2, 0) is 18.4 Å². The van der Waals surface area contributed by atoms with Crippen LogP contribution in [0.5, 0.6) is 0 Å². The van der Waals surface area contributed by atoms with Gasteiger partial charge in [0.25, 0.3) is 0 Å². The summed E-state index contributed by atoms with van der Waals surface area (Å²) in [7, 11) is 0. The molecule has 3 aromatic carbocycles. The lowest BCUT2D eigenvalue weighted by atomic mass is 9.75. The van der Waals surface area contributed by atoms with Crippen molar-refractivity contribution in [3.63, 3.8) is 0 Å². The van der Waals surface area contributed by atoms with E-state index >= 15 is 0 Å². The van der Waals surface area contributed by atoms with Crippen LogP contribution >= 0.6 is 0 Å². The van der Waals surface area contributed by atoms with Crippen LogP contribution in [-0.4, -0.2) is 18.0 Å². The van der Waals surface area contributed by atoms with Crippen LogP contribution in [0.1, 0.15) is 37.0 Å². The fourth-order valence-corrected chi connectivity index (χ4v) is 4.24. The Morgan fingerprint density at radius 1 is 0.786 bits per heavy atom. The first-order valence-corrected chi connectivity index (χ1v) is 10.4. The summed E-state index contributed by atoms with van der Waals surface area (Å²) in [5.41, 5.74) is 11.1. The molecule has 0 spiro atoms. The van der Waals surface area contributed by atoms with E-state index in [0.29, 0.717) is 0 Å². The number of likely N-dealkylation sites (tertiary alicyclic amines) is 1. The van der Waals surface area contributed by atoms with Crippen LogP contribution in [0, 0.1) is 0 Å². The van der Waals surface area contributed by atoms with Crippen molar-refractivity contribution in [2.75, 3.05) is 18.8 Å². The molecule has 1 aliphatic rings. The molecule has 1 aliphatic heterocycles. The Morgan fingerprint density at radius 2 is 1.36 bits per heavy atom. The number of nitrogens with two attached hydrogens (primary N) is 1. The van der Waals surface area contributed by atoms with Gasteiger partial charge >= 0.3 is 0 Å². The second-order valence-corrected chi connectivity index (χ2v) is 7.51. The van der Waals surface area contributed by atoms with Crippen LogP contribution in [0.3, 0.4) is 0 Å². The molecule has 3 aromatic rings. The minimum Gasteiger partial charge on any atom is -0.399 e. The molecule has 4 rings (SSSR count). The first kappa shape index (κ1) is 20.2. The van der Waals surface area contributed by atoms with Crippen LogP contribution in [0.2, 0.25) is 0 Å². The number of hydrogen-bond donors (Lipinski definition) is 1. The Bertz CT molecular complexity index is 827. The Morgan fingerprint density at radius 3 is 1.96 bits per heavy atom. The Hall–Kier alpha value is -2.58. The number of nitrogen functional groups attached to an aromatic ring is 1. The largest absolute Gasteiger partial charge is 0.399 e. The second-order valence-electron chi connectivity index (χ2n) is 7.51. The molecular formula is C26H32N2. The molecule has 0 aliphatic carbocycles. The van der Waals surface area contributed by atoms with Crippen molar-refractivity contribution in [1.82, 2.24) is 4.90 Å². The molecule has 2 heteroatoms. The minimum absolute atomic E-state index is 0.157. The molecule has 0 radical (unpaired) electrons. The summed E-state index contributed by atoms with van der Waals surface area (Å²) in [4.78, 5) is 2.59. The van der Waals surface area contributed by atoms with E-state index in [1.807, 2.05) is 26.0 Å². The molecule has 2 nitrogen and oxygen atoms in total. The van der Waals surface area contributed by atoms with Crippen molar-refractivity contribution in [2.45, 2.75) is 38.6 Å². The Kier molecular flexibility index (Phi) is 6.89. The SMILES string of the molecule is CC.Nc1ccc(C2(Cc3ccccc3)CCN(Cc3ccccc3)C2)cc1. The number of hydrogen-bond acceptors (Lipinski definition) is 2. The maximum atomic E-state index is 5.94. The summed E-state index contributed by atoms with van der Waals surface area (Å²) in [5, 5.41) is 0. The van der Waals surface area contributed by atoms with E-state index in [2.05, 4.69) is 77.7 Å². The van der Waals surface area contributed by atoms with Crippen molar-refractivity contribution >= 4 is 5.69 Å². The van der Waals surface area contributed by atoms with Gasteiger partial charge in [0.2, 0.25) is 0 Å². The molecule has 1 atom stereocenters. The third-order valence-electron chi connectivity index (χ3n) is 5.59. The van der Waals surface area contributed by atoms with Gasteiger partial charge in [-0.15, -0.1) is 0 Å². The molecule has 0 amide bonds. The van der Waals surface area contributed by atoms with E-state index in [9.17, 15) is 0 Å². The van der Waals surface area contributed by atoms with E-state index in [0.717, 1.165) is 31.7 Å². The third-order valence-corrected chi connectivity index (χ3v) is 5.59. The second kappa shape index (κ2) is 9.57. The predicted octanol–water partition coefficient (Wildman–Crippen LogP) is 5.68. The first-order valence-electron chi connectivity index (χ1n) is 10.4. The lowest BCUT2D eigenvalue weighted by molar-refractivity contribution is 0.301. The van der Waals surface area contributed by atoms with Gasteiger partial charge in [0, 0.05) is 24.2 Å². The van der Waals surface area contributed by atoms with Crippen molar-refractivity contribution in [3.05, 3.63) is 102 Å². The van der Waals surface area contributed by atoms with E-state index in [1.165, 1.54) is 23.1 Å². The highest BCUT2D eigenvalue weighted by atomic mass is 15.2. The molecule has 1 unspecified atom stereocenters. The summed E-state index contributed by atoms with van der Waals surface area (Å²) in [6, 6.07) is 30.2. The smallest absolute Gasteiger partial charge is 0.0314 e. The van der Waals surface area contributed by atoms with Gasteiger partial charge in [0.05, 0.1) is 0 Å². The van der Waals surface area contributed by atoms with Gasteiger partial charge in [0.1, 0.15) is 0 Å². The number of benzene rings is 3. The maximum absolute atomic E-state index is 5.94. The van der Waals surface area contributed by atoms with Gasteiger partial charge < -0.3 is 5.73 Å². The molecular weight excluding hydrogens is 340 g/mol. The molecule has 1 fully saturated rings. The van der Waals surface area contributed by atoms with Crippen molar-refractivity contribution in [1.29, 1.82) is 0 Å². The van der Waals surface area contributed by atoms with E-state index in [1.54, 1.807) is 0 Å². The normalized spacial score (nSPS) is 19.1. The van der Waals surface area contributed by atoms with Crippen LogP contribution in [0.4, 0.5) is 5.69 Å². The first-order chi connectivity index (χ1) is 13.7. The quantitative estimate of drug-likeness (QED) is 0.584. The van der Waals surface area contributed by atoms with E-state index in [-0.39, 0.29) is 5.41 Å². The summed E-state index contributed by atoms with van der Waals surface area (Å²) in [6.07, 6.45) is 2.25. The molecule has 1 saturated heterocycles. The maximum Gasteiger partial charge on any atom is 0.0314 e.